The zero-order chi connectivity index (χ0) is 20.8. The number of nitro groups is 1. The van der Waals surface area contributed by atoms with Crippen molar-refractivity contribution < 1.29 is 14.5 Å². The van der Waals surface area contributed by atoms with Gasteiger partial charge in [-0.15, -0.1) is 0 Å². The number of nitro benzene ring substituents is 1. The SMILES string of the molecule is CC(=O)Nc1ccc(NC(=O)c2ccccc2Sc2ccccc2[N+](=O)[O-])cc1. The molecule has 0 atom stereocenters. The van der Waals surface area contributed by atoms with Gasteiger partial charge in [-0.2, -0.15) is 0 Å². The summed E-state index contributed by atoms with van der Waals surface area (Å²) in [5.74, 6) is -0.512. The smallest absolute Gasteiger partial charge is 0.283 e. The van der Waals surface area contributed by atoms with Gasteiger partial charge in [0.15, 0.2) is 0 Å². The maximum atomic E-state index is 12.8. The summed E-state index contributed by atoms with van der Waals surface area (Å²) in [6, 6.07) is 20.1. The van der Waals surface area contributed by atoms with Crippen LogP contribution < -0.4 is 10.6 Å². The van der Waals surface area contributed by atoms with E-state index in [1.807, 2.05) is 0 Å². The van der Waals surface area contributed by atoms with E-state index in [1.165, 1.54) is 24.8 Å². The van der Waals surface area contributed by atoms with Gasteiger partial charge in [-0.3, -0.25) is 19.7 Å². The predicted molar refractivity (Wildman–Crippen MR) is 112 cm³/mol. The van der Waals surface area contributed by atoms with Crippen molar-refractivity contribution >= 4 is 40.6 Å². The Balaban J connectivity index is 1.81. The van der Waals surface area contributed by atoms with Crippen molar-refractivity contribution in [3.63, 3.8) is 0 Å². The minimum Gasteiger partial charge on any atom is -0.326 e. The van der Waals surface area contributed by atoms with E-state index in [0.717, 1.165) is 0 Å². The van der Waals surface area contributed by atoms with E-state index in [9.17, 15) is 19.7 Å². The maximum Gasteiger partial charge on any atom is 0.283 e. The highest BCUT2D eigenvalue weighted by atomic mass is 32.2. The second-order valence-electron chi connectivity index (χ2n) is 6.04. The molecular formula is C21H17N3O4S. The first-order valence-electron chi connectivity index (χ1n) is 8.63. The summed E-state index contributed by atoms with van der Waals surface area (Å²) >= 11 is 1.17. The number of rotatable bonds is 6. The number of carbonyl (C=O) groups excluding carboxylic acids is 2. The summed E-state index contributed by atoms with van der Waals surface area (Å²) in [5, 5.41) is 16.7. The molecule has 0 bridgehead atoms. The molecule has 0 aromatic heterocycles. The lowest BCUT2D eigenvalue weighted by atomic mass is 10.2. The second-order valence-corrected chi connectivity index (χ2v) is 7.12. The number of nitrogens with one attached hydrogen (secondary N) is 2. The number of nitrogens with zero attached hydrogens (tertiary/aromatic N) is 1. The van der Waals surface area contributed by atoms with Crippen LogP contribution in [0, 0.1) is 10.1 Å². The summed E-state index contributed by atoms with van der Waals surface area (Å²) in [6.07, 6.45) is 0. The molecular weight excluding hydrogens is 390 g/mol. The fraction of sp³-hybridized carbons (Fsp3) is 0.0476. The van der Waals surface area contributed by atoms with Crippen molar-refractivity contribution in [2.45, 2.75) is 16.7 Å². The number of hydrogen-bond acceptors (Lipinski definition) is 5. The lowest BCUT2D eigenvalue weighted by Gasteiger charge is -2.11. The Bertz CT molecular complexity index is 1070. The Labute approximate surface area is 171 Å². The van der Waals surface area contributed by atoms with E-state index >= 15 is 0 Å². The van der Waals surface area contributed by atoms with Crippen LogP contribution in [0.15, 0.2) is 82.6 Å². The first-order chi connectivity index (χ1) is 13.9. The average molecular weight is 407 g/mol. The van der Waals surface area contributed by atoms with Gasteiger partial charge in [0, 0.05) is 29.3 Å². The standard InChI is InChI=1S/C21H17N3O4S/c1-14(25)22-15-10-12-16(13-11-15)23-21(26)17-6-2-4-8-19(17)29-20-9-5-3-7-18(20)24(27)28/h2-13H,1H3,(H,22,25)(H,23,26). The summed E-state index contributed by atoms with van der Waals surface area (Å²) in [5.41, 5.74) is 1.58. The van der Waals surface area contributed by atoms with Crippen molar-refractivity contribution in [1.82, 2.24) is 0 Å². The molecule has 3 aromatic rings. The van der Waals surface area contributed by atoms with Crippen LogP contribution in [0.3, 0.4) is 0 Å². The lowest BCUT2D eigenvalue weighted by molar-refractivity contribution is -0.387. The molecule has 0 saturated carbocycles. The van der Waals surface area contributed by atoms with Crippen molar-refractivity contribution in [2.75, 3.05) is 10.6 Å². The quantitative estimate of drug-likeness (QED) is 0.444. The highest BCUT2D eigenvalue weighted by molar-refractivity contribution is 7.99. The van der Waals surface area contributed by atoms with Crippen molar-refractivity contribution in [2.24, 2.45) is 0 Å². The first-order valence-corrected chi connectivity index (χ1v) is 9.45. The molecule has 0 aliphatic heterocycles. The van der Waals surface area contributed by atoms with Gasteiger partial charge in [0.25, 0.3) is 11.6 Å². The van der Waals surface area contributed by atoms with Gasteiger partial charge in [-0.05, 0) is 42.5 Å². The second kappa shape index (κ2) is 9.03. The number of benzene rings is 3. The molecule has 0 aliphatic rings. The minimum atomic E-state index is -0.443. The van der Waals surface area contributed by atoms with Crippen LogP contribution in [0.5, 0.6) is 0 Å². The molecule has 8 heteroatoms. The van der Waals surface area contributed by atoms with Crippen molar-refractivity contribution in [3.05, 3.63) is 88.5 Å². The minimum absolute atomic E-state index is 0.0127. The van der Waals surface area contributed by atoms with E-state index < -0.39 is 4.92 Å². The van der Waals surface area contributed by atoms with Gasteiger partial charge in [0.1, 0.15) is 0 Å². The molecule has 146 valence electrons. The van der Waals surface area contributed by atoms with E-state index in [2.05, 4.69) is 10.6 Å². The van der Waals surface area contributed by atoms with Crippen LogP contribution in [-0.4, -0.2) is 16.7 Å². The number of hydrogen-bond donors (Lipinski definition) is 2. The van der Waals surface area contributed by atoms with Crippen LogP contribution in [-0.2, 0) is 4.79 Å². The molecule has 0 fully saturated rings. The number of para-hydroxylation sites is 1. The van der Waals surface area contributed by atoms with Gasteiger partial charge in [-0.25, -0.2) is 0 Å². The molecule has 7 nitrogen and oxygen atoms in total. The van der Waals surface area contributed by atoms with Crippen LogP contribution in [0.1, 0.15) is 17.3 Å². The summed E-state index contributed by atoms with van der Waals surface area (Å²) < 4.78 is 0. The molecule has 0 heterocycles. The topological polar surface area (TPSA) is 101 Å². The number of anilines is 2. The maximum absolute atomic E-state index is 12.8. The third-order valence-corrected chi connectivity index (χ3v) is 5.02. The van der Waals surface area contributed by atoms with Crippen LogP contribution in [0.25, 0.3) is 0 Å². The Morgan fingerprint density at radius 3 is 2.00 bits per heavy atom. The van der Waals surface area contributed by atoms with Gasteiger partial charge in [-0.1, -0.05) is 36.0 Å². The number of amides is 2. The Morgan fingerprint density at radius 1 is 0.828 bits per heavy atom. The molecule has 29 heavy (non-hydrogen) atoms. The van der Waals surface area contributed by atoms with E-state index in [-0.39, 0.29) is 17.5 Å². The van der Waals surface area contributed by atoms with Gasteiger partial charge >= 0.3 is 0 Å². The summed E-state index contributed by atoms with van der Waals surface area (Å²) in [6.45, 7) is 1.42. The zero-order valence-corrected chi connectivity index (χ0v) is 16.2. The molecule has 2 amide bonds. The Hall–Kier alpha value is -3.65. The predicted octanol–water partition coefficient (Wildman–Crippen LogP) is 4.96. The van der Waals surface area contributed by atoms with Crippen molar-refractivity contribution in [3.8, 4) is 0 Å². The van der Waals surface area contributed by atoms with Gasteiger partial charge in [0.2, 0.25) is 5.91 Å². The first kappa shape index (κ1) is 20.1. The highest BCUT2D eigenvalue weighted by Gasteiger charge is 2.17. The van der Waals surface area contributed by atoms with Crippen molar-refractivity contribution in [1.29, 1.82) is 0 Å². The normalized spacial score (nSPS) is 10.2. The van der Waals surface area contributed by atoms with E-state index in [0.29, 0.717) is 26.7 Å². The third-order valence-electron chi connectivity index (χ3n) is 3.88. The molecule has 0 unspecified atom stereocenters. The third kappa shape index (κ3) is 5.20. The molecule has 0 radical (unpaired) electrons. The van der Waals surface area contributed by atoms with E-state index in [4.69, 9.17) is 0 Å². The monoisotopic (exact) mass is 407 g/mol. The fourth-order valence-electron chi connectivity index (χ4n) is 2.59. The number of carbonyl (C=O) groups is 2. The van der Waals surface area contributed by atoms with Crippen LogP contribution >= 0.6 is 11.8 Å². The molecule has 3 rings (SSSR count). The zero-order valence-electron chi connectivity index (χ0n) is 15.4. The van der Waals surface area contributed by atoms with Crippen LogP contribution in [0.2, 0.25) is 0 Å². The van der Waals surface area contributed by atoms with Crippen LogP contribution in [0.4, 0.5) is 17.1 Å². The Morgan fingerprint density at radius 2 is 1.38 bits per heavy atom. The molecule has 3 aromatic carbocycles. The summed E-state index contributed by atoms with van der Waals surface area (Å²) in [7, 11) is 0. The van der Waals surface area contributed by atoms with E-state index in [1.54, 1.807) is 66.7 Å². The molecule has 0 saturated heterocycles. The largest absolute Gasteiger partial charge is 0.326 e. The Kier molecular flexibility index (Phi) is 6.25. The highest BCUT2D eigenvalue weighted by Crippen LogP contribution is 2.36. The summed E-state index contributed by atoms with van der Waals surface area (Å²) in [4.78, 5) is 35.7. The lowest BCUT2D eigenvalue weighted by Crippen LogP contribution is -2.13. The molecule has 0 aliphatic carbocycles. The fourth-order valence-corrected chi connectivity index (χ4v) is 3.64. The van der Waals surface area contributed by atoms with Gasteiger partial charge in [0.05, 0.1) is 15.4 Å². The molecule has 2 N–H and O–H groups in total. The van der Waals surface area contributed by atoms with Gasteiger partial charge < -0.3 is 10.6 Å². The molecule has 0 spiro atoms. The average Bonchev–Trinajstić information content (AvgIpc) is 2.69.